The Bertz CT molecular complexity index is 629. The molecule has 0 fully saturated rings. The summed E-state index contributed by atoms with van der Waals surface area (Å²) in [5.41, 5.74) is 0. The van der Waals surface area contributed by atoms with Crippen molar-refractivity contribution < 1.29 is 19.3 Å². The van der Waals surface area contributed by atoms with E-state index in [1.807, 2.05) is 24.3 Å². The van der Waals surface area contributed by atoms with Gasteiger partial charge in [0.15, 0.2) is 0 Å². The smallest absolute Gasteiger partial charge is 0.119 e. The number of methoxy groups -OCH3 is 2. The van der Waals surface area contributed by atoms with E-state index in [1.54, 1.807) is 25.6 Å². The van der Waals surface area contributed by atoms with Crippen molar-refractivity contribution in [2.24, 2.45) is 0 Å². The van der Waals surface area contributed by atoms with Crippen LogP contribution in [-0.2, 0) is 11.3 Å². The number of benzene rings is 1. The molecule has 0 bridgehead atoms. The Morgan fingerprint density at radius 2 is 1.81 bits per heavy atom. The Labute approximate surface area is 160 Å². The second-order valence-electron chi connectivity index (χ2n) is 6.23. The zero-order valence-electron chi connectivity index (χ0n) is 15.8. The topological polar surface area (TPSA) is 51.2 Å². The molecular weight excluding hydrogens is 350 g/mol. The fourth-order valence-corrected chi connectivity index (χ4v) is 3.61. The van der Waals surface area contributed by atoms with Crippen molar-refractivity contribution in [3.05, 3.63) is 46.2 Å². The molecular formula is C20H29NO4S. The van der Waals surface area contributed by atoms with Gasteiger partial charge in [0.25, 0.3) is 0 Å². The highest BCUT2D eigenvalue weighted by atomic mass is 32.1. The van der Waals surface area contributed by atoms with Gasteiger partial charge in [0, 0.05) is 43.1 Å². The SMILES string of the molecule is COCCCN(Cc1ccc(C)s1)CC(O)COc1ccc(OC)cc1. The lowest BCUT2D eigenvalue weighted by Crippen LogP contribution is -2.36. The Morgan fingerprint density at radius 3 is 2.42 bits per heavy atom. The van der Waals surface area contributed by atoms with Crippen molar-refractivity contribution in [2.75, 3.05) is 40.5 Å². The number of aliphatic hydroxyl groups is 1. The number of thiophene rings is 1. The van der Waals surface area contributed by atoms with Crippen molar-refractivity contribution in [1.82, 2.24) is 4.90 Å². The minimum atomic E-state index is -0.555. The first kappa shape index (κ1) is 20.7. The lowest BCUT2D eigenvalue weighted by Gasteiger charge is -2.24. The molecule has 0 aliphatic carbocycles. The molecule has 1 heterocycles. The summed E-state index contributed by atoms with van der Waals surface area (Å²) in [6.07, 6.45) is 0.383. The molecule has 0 spiro atoms. The minimum absolute atomic E-state index is 0.260. The maximum atomic E-state index is 10.4. The van der Waals surface area contributed by atoms with Crippen LogP contribution in [0.25, 0.3) is 0 Å². The maximum Gasteiger partial charge on any atom is 0.119 e. The molecule has 0 aliphatic heterocycles. The molecule has 0 radical (unpaired) electrons. The van der Waals surface area contributed by atoms with Crippen molar-refractivity contribution >= 4 is 11.3 Å². The molecule has 2 aromatic rings. The third-order valence-electron chi connectivity index (χ3n) is 3.97. The van der Waals surface area contributed by atoms with Crippen LogP contribution in [0.15, 0.2) is 36.4 Å². The quantitative estimate of drug-likeness (QED) is 0.573. The Kier molecular flexibility index (Phi) is 8.91. The molecule has 5 nitrogen and oxygen atoms in total. The van der Waals surface area contributed by atoms with E-state index >= 15 is 0 Å². The van der Waals surface area contributed by atoms with E-state index in [1.165, 1.54) is 9.75 Å². The molecule has 144 valence electrons. The molecule has 0 amide bonds. The zero-order chi connectivity index (χ0) is 18.8. The predicted molar refractivity (Wildman–Crippen MR) is 105 cm³/mol. The van der Waals surface area contributed by atoms with Gasteiger partial charge in [-0.3, -0.25) is 4.90 Å². The summed E-state index contributed by atoms with van der Waals surface area (Å²) < 4.78 is 16.0. The van der Waals surface area contributed by atoms with E-state index in [4.69, 9.17) is 14.2 Å². The third-order valence-corrected chi connectivity index (χ3v) is 4.95. The second-order valence-corrected chi connectivity index (χ2v) is 7.61. The van der Waals surface area contributed by atoms with Gasteiger partial charge in [-0.05, 0) is 49.7 Å². The number of aliphatic hydroxyl groups excluding tert-OH is 1. The minimum Gasteiger partial charge on any atom is -0.497 e. The average molecular weight is 380 g/mol. The van der Waals surface area contributed by atoms with E-state index in [2.05, 4.69) is 24.0 Å². The number of ether oxygens (including phenoxy) is 3. The van der Waals surface area contributed by atoms with E-state index in [9.17, 15) is 5.11 Å². The summed E-state index contributed by atoms with van der Waals surface area (Å²) in [7, 11) is 3.34. The Morgan fingerprint density at radius 1 is 1.08 bits per heavy atom. The molecule has 6 heteroatoms. The van der Waals surface area contributed by atoms with Crippen LogP contribution >= 0.6 is 11.3 Å². The maximum absolute atomic E-state index is 10.4. The van der Waals surface area contributed by atoms with Crippen LogP contribution in [0.2, 0.25) is 0 Å². The molecule has 26 heavy (non-hydrogen) atoms. The molecule has 1 unspecified atom stereocenters. The van der Waals surface area contributed by atoms with E-state index < -0.39 is 6.10 Å². The van der Waals surface area contributed by atoms with Gasteiger partial charge >= 0.3 is 0 Å². The van der Waals surface area contributed by atoms with Crippen LogP contribution in [0, 0.1) is 6.92 Å². The van der Waals surface area contributed by atoms with Gasteiger partial charge in [0.2, 0.25) is 0 Å². The number of rotatable bonds is 12. The molecule has 2 rings (SSSR count). The summed E-state index contributed by atoms with van der Waals surface area (Å²) in [6.45, 7) is 5.37. The van der Waals surface area contributed by atoms with Crippen LogP contribution in [0.5, 0.6) is 11.5 Å². The van der Waals surface area contributed by atoms with Gasteiger partial charge < -0.3 is 19.3 Å². The highest BCUT2D eigenvalue weighted by Crippen LogP contribution is 2.19. The first-order valence-corrected chi connectivity index (χ1v) is 9.64. The number of hydrogen-bond donors (Lipinski definition) is 1. The predicted octanol–water partition coefficient (Wildman–Crippen LogP) is 3.34. The standard InChI is InChI=1S/C20H29NO4S/c1-16-5-10-20(26-16)14-21(11-4-12-23-2)13-17(22)15-25-19-8-6-18(24-3)7-9-19/h5-10,17,22H,4,11-15H2,1-3H3. The van der Waals surface area contributed by atoms with Crippen LogP contribution in [0.4, 0.5) is 0 Å². The molecule has 1 atom stereocenters. The first-order valence-electron chi connectivity index (χ1n) is 8.82. The summed E-state index contributed by atoms with van der Waals surface area (Å²) >= 11 is 1.80. The van der Waals surface area contributed by atoms with Gasteiger partial charge in [-0.25, -0.2) is 0 Å². The van der Waals surface area contributed by atoms with Crippen molar-refractivity contribution in [3.63, 3.8) is 0 Å². The molecule has 1 N–H and O–H groups in total. The summed E-state index contributed by atoms with van der Waals surface area (Å²) in [6, 6.07) is 11.7. The first-order chi connectivity index (χ1) is 12.6. The van der Waals surface area contributed by atoms with Gasteiger partial charge in [0.05, 0.1) is 7.11 Å². The normalized spacial score (nSPS) is 12.3. The van der Waals surface area contributed by atoms with Crippen LogP contribution in [0.1, 0.15) is 16.2 Å². The van der Waals surface area contributed by atoms with E-state index in [0.29, 0.717) is 6.54 Å². The number of hydrogen-bond acceptors (Lipinski definition) is 6. The molecule has 0 aliphatic rings. The highest BCUT2D eigenvalue weighted by Gasteiger charge is 2.14. The van der Waals surface area contributed by atoms with E-state index in [-0.39, 0.29) is 6.61 Å². The largest absolute Gasteiger partial charge is 0.497 e. The Hall–Kier alpha value is -1.60. The second kappa shape index (κ2) is 11.2. The van der Waals surface area contributed by atoms with Crippen molar-refractivity contribution in [1.29, 1.82) is 0 Å². The van der Waals surface area contributed by atoms with Crippen molar-refractivity contribution in [2.45, 2.75) is 26.0 Å². The van der Waals surface area contributed by atoms with Gasteiger partial charge in [0.1, 0.15) is 24.2 Å². The fourth-order valence-electron chi connectivity index (χ4n) is 2.67. The molecule has 0 saturated carbocycles. The van der Waals surface area contributed by atoms with Crippen LogP contribution < -0.4 is 9.47 Å². The monoisotopic (exact) mass is 379 g/mol. The van der Waals surface area contributed by atoms with Crippen LogP contribution in [-0.4, -0.2) is 56.6 Å². The average Bonchev–Trinajstić information content (AvgIpc) is 3.05. The van der Waals surface area contributed by atoms with Gasteiger partial charge in [-0.1, -0.05) is 0 Å². The van der Waals surface area contributed by atoms with Gasteiger partial charge in [-0.15, -0.1) is 11.3 Å². The Balaban J connectivity index is 1.83. The van der Waals surface area contributed by atoms with E-state index in [0.717, 1.165) is 37.6 Å². The van der Waals surface area contributed by atoms with Crippen molar-refractivity contribution in [3.8, 4) is 11.5 Å². The zero-order valence-corrected chi connectivity index (χ0v) is 16.6. The molecule has 1 aromatic heterocycles. The third kappa shape index (κ3) is 7.33. The highest BCUT2D eigenvalue weighted by molar-refractivity contribution is 7.11. The lowest BCUT2D eigenvalue weighted by atomic mass is 10.3. The summed E-state index contributed by atoms with van der Waals surface area (Å²) in [5, 5.41) is 10.4. The lowest BCUT2D eigenvalue weighted by molar-refractivity contribution is 0.0621. The molecule has 1 aromatic carbocycles. The fraction of sp³-hybridized carbons (Fsp3) is 0.500. The molecule has 0 saturated heterocycles. The van der Waals surface area contributed by atoms with Gasteiger partial charge in [-0.2, -0.15) is 0 Å². The van der Waals surface area contributed by atoms with Crippen LogP contribution in [0.3, 0.4) is 0 Å². The summed E-state index contributed by atoms with van der Waals surface area (Å²) in [5.74, 6) is 1.51. The summed E-state index contributed by atoms with van der Waals surface area (Å²) in [4.78, 5) is 4.87. The number of nitrogens with zero attached hydrogens (tertiary/aromatic N) is 1. The number of aryl methyl sites for hydroxylation is 1.